The minimum Gasteiger partial charge on any atom is -0.314 e. The standard InChI is InChI=1S/C18H23N/c1-15-8-6-7-11-18(15)12-13-19-16(2)14-17-9-4-3-5-10-17/h3-11,16,19H,12-14H2,1-2H3. The third-order valence-corrected chi connectivity index (χ3v) is 3.53. The maximum Gasteiger partial charge on any atom is 0.00792 e. The van der Waals surface area contributed by atoms with E-state index in [2.05, 4.69) is 73.8 Å². The lowest BCUT2D eigenvalue weighted by Gasteiger charge is -2.14. The third-order valence-electron chi connectivity index (χ3n) is 3.53. The highest BCUT2D eigenvalue weighted by Gasteiger charge is 2.03. The molecule has 1 heteroatoms. The summed E-state index contributed by atoms with van der Waals surface area (Å²) in [6, 6.07) is 19.8. The summed E-state index contributed by atoms with van der Waals surface area (Å²) in [5, 5.41) is 3.61. The second kappa shape index (κ2) is 7.10. The topological polar surface area (TPSA) is 12.0 Å². The number of benzene rings is 2. The predicted octanol–water partition coefficient (Wildman–Crippen LogP) is 3.76. The van der Waals surface area contributed by atoms with Crippen LogP contribution in [0.15, 0.2) is 54.6 Å². The SMILES string of the molecule is Cc1ccccc1CCNC(C)Cc1ccccc1. The van der Waals surface area contributed by atoms with Gasteiger partial charge in [0, 0.05) is 6.04 Å². The van der Waals surface area contributed by atoms with Gasteiger partial charge in [0.2, 0.25) is 0 Å². The van der Waals surface area contributed by atoms with Crippen LogP contribution in [0.1, 0.15) is 23.6 Å². The number of rotatable bonds is 6. The molecule has 0 heterocycles. The Morgan fingerprint density at radius 1 is 0.947 bits per heavy atom. The number of nitrogens with one attached hydrogen (secondary N) is 1. The van der Waals surface area contributed by atoms with Crippen LogP contribution in [0.2, 0.25) is 0 Å². The maximum absolute atomic E-state index is 3.61. The first-order chi connectivity index (χ1) is 9.25. The summed E-state index contributed by atoms with van der Waals surface area (Å²) in [5.41, 5.74) is 4.24. The Hall–Kier alpha value is -1.60. The van der Waals surface area contributed by atoms with Gasteiger partial charge in [-0.1, -0.05) is 54.6 Å². The fourth-order valence-corrected chi connectivity index (χ4v) is 2.38. The molecule has 0 fully saturated rings. The van der Waals surface area contributed by atoms with Gasteiger partial charge in [0.25, 0.3) is 0 Å². The molecule has 2 rings (SSSR count). The number of hydrogen-bond donors (Lipinski definition) is 1. The van der Waals surface area contributed by atoms with Crippen LogP contribution in [0, 0.1) is 6.92 Å². The van der Waals surface area contributed by atoms with Gasteiger partial charge in [-0.05, 0) is 49.9 Å². The second-order valence-corrected chi connectivity index (χ2v) is 5.22. The van der Waals surface area contributed by atoms with Crippen LogP contribution in [-0.4, -0.2) is 12.6 Å². The smallest absolute Gasteiger partial charge is 0.00792 e. The minimum atomic E-state index is 0.520. The summed E-state index contributed by atoms with van der Waals surface area (Å²) in [5.74, 6) is 0. The van der Waals surface area contributed by atoms with Crippen molar-refractivity contribution in [1.29, 1.82) is 0 Å². The number of aryl methyl sites for hydroxylation is 1. The van der Waals surface area contributed by atoms with E-state index in [4.69, 9.17) is 0 Å². The Bertz CT molecular complexity index is 490. The summed E-state index contributed by atoms with van der Waals surface area (Å²) < 4.78 is 0. The van der Waals surface area contributed by atoms with Gasteiger partial charge in [-0.3, -0.25) is 0 Å². The van der Waals surface area contributed by atoms with Crippen LogP contribution >= 0.6 is 0 Å². The number of hydrogen-bond acceptors (Lipinski definition) is 1. The molecule has 1 unspecified atom stereocenters. The Balaban J connectivity index is 1.75. The van der Waals surface area contributed by atoms with Crippen LogP contribution in [0.3, 0.4) is 0 Å². The van der Waals surface area contributed by atoms with Gasteiger partial charge in [-0.25, -0.2) is 0 Å². The van der Waals surface area contributed by atoms with Crippen LogP contribution < -0.4 is 5.32 Å². The summed E-state index contributed by atoms with van der Waals surface area (Å²) in [6.07, 6.45) is 2.19. The summed E-state index contributed by atoms with van der Waals surface area (Å²) in [7, 11) is 0. The van der Waals surface area contributed by atoms with Crippen molar-refractivity contribution < 1.29 is 0 Å². The summed E-state index contributed by atoms with van der Waals surface area (Å²) in [6.45, 7) is 5.48. The first-order valence-electron chi connectivity index (χ1n) is 7.07. The first-order valence-corrected chi connectivity index (χ1v) is 7.07. The van der Waals surface area contributed by atoms with Crippen LogP contribution in [0.4, 0.5) is 0 Å². The normalized spacial score (nSPS) is 12.3. The Morgan fingerprint density at radius 3 is 2.37 bits per heavy atom. The quantitative estimate of drug-likeness (QED) is 0.826. The van der Waals surface area contributed by atoms with E-state index in [1.807, 2.05) is 0 Å². The monoisotopic (exact) mass is 253 g/mol. The van der Waals surface area contributed by atoms with Crippen molar-refractivity contribution in [2.75, 3.05) is 6.54 Å². The molecule has 1 nitrogen and oxygen atoms in total. The minimum absolute atomic E-state index is 0.520. The molecule has 100 valence electrons. The highest BCUT2D eigenvalue weighted by Crippen LogP contribution is 2.07. The zero-order valence-corrected chi connectivity index (χ0v) is 11.9. The average molecular weight is 253 g/mol. The second-order valence-electron chi connectivity index (χ2n) is 5.22. The molecule has 0 radical (unpaired) electrons. The van der Waals surface area contributed by atoms with Crippen molar-refractivity contribution in [1.82, 2.24) is 5.32 Å². The highest BCUT2D eigenvalue weighted by molar-refractivity contribution is 5.25. The van der Waals surface area contributed by atoms with E-state index in [0.717, 1.165) is 19.4 Å². The fourth-order valence-electron chi connectivity index (χ4n) is 2.38. The van der Waals surface area contributed by atoms with E-state index in [9.17, 15) is 0 Å². The van der Waals surface area contributed by atoms with Crippen molar-refractivity contribution in [3.63, 3.8) is 0 Å². The molecular formula is C18H23N. The fraction of sp³-hybridized carbons (Fsp3) is 0.333. The Kier molecular flexibility index (Phi) is 5.17. The molecule has 0 aliphatic heterocycles. The zero-order chi connectivity index (χ0) is 13.5. The first kappa shape index (κ1) is 13.8. The van der Waals surface area contributed by atoms with Crippen molar-refractivity contribution >= 4 is 0 Å². The van der Waals surface area contributed by atoms with E-state index < -0.39 is 0 Å². The van der Waals surface area contributed by atoms with Gasteiger partial charge in [-0.15, -0.1) is 0 Å². The summed E-state index contributed by atoms with van der Waals surface area (Å²) in [4.78, 5) is 0. The van der Waals surface area contributed by atoms with Crippen LogP contribution in [0.25, 0.3) is 0 Å². The molecule has 1 atom stereocenters. The van der Waals surface area contributed by atoms with E-state index in [1.165, 1.54) is 16.7 Å². The molecule has 1 N–H and O–H groups in total. The average Bonchev–Trinajstić information content (AvgIpc) is 2.42. The molecule has 0 amide bonds. The molecule has 0 aliphatic carbocycles. The van der Waals surface area contributed by atoms with E-state index >= 15 is 0 Å². The molecule has 0 bridgehead atoms. The highest BCUT2D eigenvalue weighted by atomic mass is 14.9. The molecule has 0 aromatic heterocycles. The predicted molar refractivity (Wildman–Crippen MR) is 82.5 cm³/mol. The van der Waals surface area contributed by atoms with Crippen LogP contribution in [0.5, 0.6) is 0 Å². The van der Waals surface area contributed by atoms with E-state index in [0.29, 0.717) is 6.04 Å². The van der Waals surface area contributed by atoms with Gasteiger partial charge in [0.15, 0.2) is 0 Å². The lowest BCUT2D eigenvalue weighted by molar-refractivity contribution is 0.548. The molecule has 0 saturated carbocycles. The van der Waals surface area contributed by atoms with Crippen molar-refractivity contribution in [2.45, 2.75) is 32.7 Å². The largest absolute Gasteiger partial charge is 0.314 e. The molecule has 19 heavy (non-hydrogen) atoms. The van der Waals surface area contributed by atoms with Gasteiger partial charge in [-0.2, -0.15) is 0 Å². The van der Waals surface area contributed by atoms with Crippen molar-refractivity contribution in [3.8, 4) is 0 Å². The van der Waals surface area contributed by atoms with E-state index in [-0.39, 0.29) is 0 Å². The third kappa shape index (κ3) is 4.53. The Labute approximate surface area is 116 Å². The molecule has 0 saturated heterocycles. The Morgan fingerprint density at radius 2 is 1.63 bits per heavy atom. The maximum atomic E-state index is 3.61. The molecule has 0 aliphatic rings. The van der Waals surface area contributed by atoms with Crippen molar-refractivity contribution in [3.05, 3.63) is 71.3 Å². The van der Waals surface area contributed by atoms with Crippen LogP contribution in [-0.2, 0) is 12.8 Å². The molecule has 2 aromatic carbocycles. The van der Waals surface area contributed by atoms with Gasteiger partial charge < -0.3 is 5.32 Å². The summed E-state index contributed by atoms with van der Waals surface area (Å²) >= 11 is 0. The molecule has 2 aromatic rings. The van der Waals surface area contributed by atoms with E-state index in [1.54, 1.807) is 0 Å². The lowest BCUT2D eigenvalue weighted by Crippen LogP contribution is -2.30. The molecular weight excluding hydrogens is 230 g/mol. The van der Waals surface area contributed by atoms with Crippen molar-refractivity contribution in [2.24, 2.45) is 0 Å². The van der Waals surface area contributed by atoms with Gasteiger partial charge in [0.1, 0.15) is 0 Å². The zero-order valence-electron chi connectivity index (χ0n) is 11.9. The van der Waals surface area contributed by atoms with Gasteiger partial charge in [0.05, 0.1) is 0 Å². The molecule has 0 spiro atoms. The van der Waals surface area contributed by atoms with Gasteiger partial charge >= 0.3 is 0 Å². The lowest BCUT2D eigenvalue weighted by atomic mass is 10.0.